The van der Waals surface area contributed by atoms with Gasteiger partial charge in [0.2, 0.25) is 0 Å². The summed E-state index contributed by atoms with van der Waals surface area (Å²) in [7, 11) is 0. The molecule has 1 radical (unpaired) electrons. The highest BCUT2D eigenvalue weighted by molar-refractivity contribution is 5.52. The molecule has 0 saturated carbocycles. The third-order valence-electron chi connectivity index (χ3n) is 2.13. The summed E-state index contributed by atoms with van der Waals surface area (Å²) in [6.45, 7) is 4.89. The standard InChI is InChI=1S/C11H9F3NO3/c1-3-7(2)9-6-8(15(16)17)4-5-10(9)18-11(12,13)14/h3-6H,1H2,2H3. The predicted octanol–water partition coefficient (Wildman–Crippen LogP) is 3.62. The molecule has 0 saturated heterocycles. The molecular weight excluding hydrogens is 251 g/mol. The molecule has 0 bridgehead atoms. The van der Waals surface area contributed by atoms with Gasteiger partial charge >= 0.3 is 6.36 Å². The van der Waals surface area contributed by atoms with Crippen LogP contribution in [0.2, 0.25) is 0 Å². The number of nitrogens with zero attached hydrogens (tertiary/aromatic N) is 1. The molecule has 0 heterocycles. The Morgan fingerprint density at radius 1 is 1.50 bits per heavy atom. The van der Waals surface area contributed by atoms with Crippen molar-refractivity contribution in [2.45, 2.75) is 13.3 Å². The molecule has 1 aromatic rings. The lowest BCUT2D eigenvalue weighted by molar-refractivity contribution is -0.385. The van der Waals surface area contributed by atoms with Crippen LogP contribution < -0.4 is 4.74 Å². The Hall–Kier alpha value is -2.05. The molecule has 1 rings (SSSR count). The normalized spacial score (nSPS) is 11.4. The van der Waals surface area contributed by atoms with Gasteiger partial charge < -0.3 is 4.74 Å². The monoisotopic (exact) mass is 260 g/mol. The molecule has 0 fully saturated rings. The van der Waals surface area contributed by atoms with Crippen LogP contribution in [0.15, 0.2) is 30.9 Å². The molecule has 0 aromatic heterocycles. The van der Waals surface area contributed by atoms with Gasteiger partial charge in [-0.25, -0.2) is 0 Å². The number of nitro benzene ring substituents is 1. The second-order valence-corrected chi connectivity index (χ2v) is 3.37. The van der Waals surface area contributed by atoms with Gasteiger partial charge in [0, 0.05) is 23.6 Å². The van der Waals surface area contributed by atoms with Crippen molar-refractivity contribution >= 4 is 5.69 Å². The molecule has 97 valence electrons. The van der Waals surface area contributed by atoms with Crippen LogP contribution in [0, 0.1) is 16.0 Å². The molecule has 0 spiro atoms. The number of benzene rings is 1. The maximum absolute atomic E-state index is 12.2. The Morgan fingerprint density at radius 3 is 2.56 bits per heavy atom. The number of halogens is 3. The minimum Gasteiger partial charge on any atom is -0.405 e. The first-order valence-electron chi connectivity index (χ1n) is 4.75. The summed E-state index contributed by atoms with van der Waals surface area (Å²) in [6.07, 6.45) is -3.56. The number of hydrogen-bond acceptors (Lipinski definition) is 3. The highest BCUT2D eigenvalue weighted by Crippen LogP contribution is 2.33. The third-order valence-corrected chi connectivity index (χ3v) is 2.13. The zero-order valence-corrected chi connectivity index (χ0v) is 9.32. The first-order chi connectivity index (χ1) is 8.24. The second-order valence-electron chi connectivity index (χ2n) is 3.37. The van der Waals surface area contributed by atoms with Crippen LogP contribution in [0.3, 0.4) is 0 Å². The average molecular weight is 260 g/mol. The molecular formula is C11H9F3NO3. The maximum atomic E-state index is 12.2. The van der Waals surface area contributed by atoms with Crippen LogP contribution in [0.25, 0.3) is 0 Å². The van der Waals surface area contributed by atoms with E-state index in [1.165, 1.54) is 13.0 Å². The van der Waals surface area contributed by atoms with Gasteiger partial charge in [-0.05, 0) is 6.07 Å². The lowest BCUT2D eigenvalue weighted by Crippen LogP contribution is -2.18. The zero-order valence-electron chi connectivity index (χ0n) is 9.32. The van der Waals surface area contributed by atoms with Crippen LogP contribution in [-0.2, 0) is 0 Å². The zero-order chi connectivity index (χ0) is 13.9. The number of nitro groups is 1. The summed E-state index contributed by atoms with van der Waals surface area (Å²) >= 11 is 0. The molecule has 0 amide bonds. The highest BCUT2D eigenvalue weighted by Gasteiger charge is 2.33. The van der Waals surface area contributed by atoms with Gasteiger partial charge in [-0.2, -0.15) is 0 Å². The van der Waals surface area contributed by atoms with Crippen molar-refractivity contribution in [2.75, 3.05) is 0 Å². The van der Waals surface area contributed by atoms with Crippen LogP contribution in [0.1, 0.15) is 12.5 Å². The van der Waals surface area contributed by atoms with Crippen LogP contribution >= 0.6 is 0 Å². The first-order valence-corrected chi connectivity index (χ1v) is 4.75. The summed E-state index contributed by atoms with van der Waals surface area (Å²) in [4.78, 5) is 9.87. The van der Waals surface area contributed by atoms with E-state index in [1.807, 2.05) is 0 Å². The highest BCUT2D eigenvalue weighted by atomic mass is 19.4. The van der Waals surface area contributed by atoms with Crippen molar-refractivity contribution in [1.29, 1.82) is 0 Å². The van der Waals surface area contributed by atoms with Gasteiger partial charge in [0.25, 0.3) is 5.69 Å². The molecule has 0 aliphatic rings. The average Bonchev–Trinajstić information content (AvgIpc) is 2.26. The smallest absolute Gasteiger partial charge is 0.405 e. The predicted molar refractivity (Wildman–Crippen MR) is 58.0 cm³/mol. The fraction of sp³-hybridized carbons (Fsp3) is 0.182. The summed E-state index contributed by atoms with van der Waals surface area (Å²) in [5, 5.41) is 10.6. The van der Waals surface area contributed by atoms with Gasteiger partial charge in [-0.1, -0.05) is 13.0 Å². The number of allylic oxidation sites excluding steroid dienone is 1. The van der Waals surface area contributed by atoms with Crippen molar-refractivity contribution in [3.8, 4) is 5.75 Å². The minimum absolute atomic E-state index is 0.0171. The van der Waals surface area contributed by atoms with Crippen molar-refractivity contribution in [3.63, 3.8) is 0 Å². The number of hydrogen-bond donors (Lipinski definition) is 0. The molecule has 0 unspecified atom stereocenters. The van der Waals surface area contributed by atoms with E-state index < -0.39 is 17.0 Å². The summed E-state index contributed by atoms with van der Waals surface area (Å²) in [5.41, 5.74) is -0.336. The first kappa shape index (κ1) is 14.0. The van der Waals surface area contributed by atoms with Crippen LogP contribution in [0.5, 0.6) is 5.75 Å². The molecule has 0 aliphatic carbocycles. The van der Waals surface area contributed by atoms with Gasteiger partial charge in [-0.3, -0.25) is 10.1 Å². The molecule has 4 nitrogen and oxygen atoms in total. The van der Waals surface area contributed by atoms with E-state index >= 15 is 0 Å². The van der Waals surface area contributed by atoms with E-state index in [4.69, 9.17) is 0 Å². The maximum Gasteiger partial charge on any atom is 0.573 e. The largest absolute Gasteiger partial charge is 0.573 e. The number of alkyl halides is 3. The minimum atomic E-state index is -4.85. The van der Waals surface area contributed by atoms with Gasteiger partial charge in [0.05, 0.1) is 4.92 Å². The van der Waals surface area contributed by atoms with E-state index in [-0.39, 0.29) is 11.3 Å². The van der Waals surface area contributed by atoms with E-state index in [0.29, 0.717) is 5.92 Å². The van der Waals surface area contributed by atoms with E-state index in [1.54, 1.807) is 0 Å². The summed E-state index contributed by atoms with van der Waals surface area (Å²) < 4.78 is 40.3. The molecule has 18 heavy (non-hydrogen) atoms. The number of non-ortho nitro benzene ring substituents is 1. The van der Waals surface area contributed by atoms with Crippen molar-refractivity contribution in [2.24, 2.45) is 0 Å². The second kappa shape index (κ2) is 5.07. The third kappa shape index (κ3) is 3.47. The lowest BCUT2D eigenvalue weighted by atomic mass is 10.00. The number of ether oxygens (including phenoxy) is 1. The Kier molecular flexibility index (Phi) is 3.95. The van der Waals surface area contributed by atoms with E-state index in [2.05, 4.69) is 11.3 Å². The van der Waals surface area contributed by atoms with E-state index in [9.17, 15) is 23.3 Å². The van der Waals surface area contributed by atoms with Crippen LogP contribution in [0.4, 0.5) is 18.9 Å². The van der Waals surface area contributed by atoms with Gasteiger partial charge in [0.15, 0.2) is 0 Å². The molecule has 0 atom stereocenters. The van der Waals surface area contributed by atoms with Gasteiger partial charge in [0.1, 0.15) is 5.75 Å². The van der Waals surface area contributed by atoms with Crippen molar-refractivity contribution in [3.05, 3.63) is 52.4 Å². The van der Waals surface area contributed by atoms with Crippen molar-refractivity contribution in [1.82, 2.24) is 0 Å². The SMILES string of the molecule is C=C[C](C)c1cc([N+](=O)[O-])ccc1OC(F)(F)F. The van der Waals surface area contributed by atoms with E-state index in [0.717, 1.165) is 18.2 Å². The summed E-state index contributed by atoms with van der Waals surface area (Å²) in [6, 6.07) is 2.87. The topological polar surface area (TPSA) is 52.4 Å². The fourth-order valence-corrected chi connectivity index (χ4v) is 1.26. The Morgan fingerprint density at radius 2 is 2.11 bits per heavy atom. The Balaban J connectivity index is 3.25. The fourth-order valence-electron chi connectivity index (χ4n) is 1.26. The Labute approximate surface area is 101 Å². The molecule has 7 heteroatoms. The summed E-state index contributed by atoms with van der Waals surface area (Å²) in [5.74, 6) is -0.150. The molecule has 1 aromatic carbocycles. The molecule has 0 N–H and O–H groups in total. The quantitative estimate of drug-likeness (QED) is 0.613. The van der Waals surface area contributed by atoms with Crippen molar-refractivity contribution < 1.29 is 22.8 Å². The lowest BCUT2D eigenvalue weighted by Gasteiger charge is -2.15. The Bertz CT molecular complexity index is 471. The molecule has 0 aliphatic heterocycles. The van der Waals surface area contributed by atoms with Gasteiger partial charge in [-0.15, -0.1) is 19.8 Å². The van der Waals surface area contributed by atoms with Crippen LogP contribution in [-0.4, -0.2) is 11.3 Å². The number of rotatable bonds is 4.